The van der Waals surface area contributed by atoms with Crippen LogP contribution in [0.2, 0.25) is 0 Å². The van der Waals surface area contributed by atoms with E-state index < -0.39 is 0 Å². The number of aromatic nitrogens is 3. The Morgan fingerprint density at radius 1 is 1.07 bits per heavy atom. The van der Waals surface area contributed by atoms with Gasteiger partial charge in [-0.25, -0.2) is 4.98 Å². The molecular weight excluding hydrogens is 400 g/mol. The van der Waals surface area contributed by atoms with Crippen molar-refractivity contribution in [3.8, 4) is 0 Å². The fourth-order valence-corrected chi connectivity index (χ4v) is 5.07. The van der Waals surface area contributed by atoms with Gasteiger partial charge in [0, 0.05) is 24.8 Å². The highest BCUT2D eigenvalue weighted by Crippen LogP contribution is 2.35. The van der Waals surface area contributed by atoms with Gasteiger partial charge in [-0.15, -0.1) is 10.2 Å². The van der Waals surface area contributed by atoms with E-state index in [4.69, 9.17) is 0 Å². The van der Waals surface area contributed by atoms with Crippen molar-refractivity contribution in [2.45, 2.75) is 50.9 Å². The zero-order chi connectivity index (χ0) is 20.8. The predicted molar refractivity (Wildman–Crippen MR) is 115 cm³/mol. The first-order chi connectivity index (χ1) is 14.7. The molecule has 2 fully saturated rings. The Labute approximate surface area is 180 Å². The lowest BCUT2D eigenvalue weighted by molar-refractivity contribution is -0.364. The van der Waals surface area contributed by atoms with Crippen LogP contribution in [0.5, 0.6) is 0 Å². The monoisotopic (exact) mass is 429 g/mol. The minimum atomic E-state index is -0.174. The molecule has 1 aliphatic heterocycles. The van der Waals surface area contributed by atoms with Crippen LogP contribution >= 0.6 is 11.3 Å². The third kappa shape index (κ3) is 5.33. The first-order valence-corrected chi connectivity index (χ1v) is 11.6. The maximum atomic E-state index is 12.5. The standard InChI is InChI=1S/C21H28N6O2S/c28-18(23-21-25-24-20(30-21)16-6-2-1-3-7-16)9-10-19(29)27-14-12-26(13-15-27)17-8-4-5-11-22-17/h4-5,8,11,16H,1-3,6-7,9-10,12-15H2,(H,23,25,28)/p+1. The average Bonchev–Trinajstić information content (AvgIpc) is 3.27. The molecule has 0 bridgehead atoms. The van der Waals surface area contributed by atoms with Crippen LogP contribution in [-0.2, 0) is 9.59 Å². The van der Waals surface area contributed by atoms with Gasteiger partial charge in [-0.3, -0.25) is 14.5 Å². The van der Waals surface area contributed by atoms with Crippen LogP contribution in [0.15, 0.2) is 24.4 Å². The molecule has 0 atom stereocenters. The van der Waals surface area contributed by atoms with Crippen molar-refractivity contribution >= 4 is 34.1 Å². The van der Waals surface area contributed by atoms with Gasteiger partial charge < -0.3 is 10.2 Å². The van der Waals surface area contributed by atoms with Crippen LogP contribution in [-0.4, -0.2) is 53.1 Å². The molecule has 0 aromatic carbocycles. The zero-order valence-electron chi connectivity index (χ0n) is 17.2. The number of hydrogen-bond donors (Lipinski definition) is 1. The second-order valence-corrected chi connectivity index (χ2v) is 8.95. The molecule has 2 aromatic heterocycles. The minimum Gasteiger partial charge on any atom is -0.335 e. The summed E-state index contributed by atoms with van der Waals surface area (Å²) in [7, 11) is 0. The lowest BCUT2D eigenvalue weighted by atomic mass is 9.90. The van der Waals surface area contributed by atoms with E-state index in [1.807, 2.05) is 29.3 Å². The number of amides is 2. The Kier molecular flexibility index (Phi) is 6.88. The van der Waals surface area contributed by atoms with Crippen LogP contribution in [0.1, 0.15) is 55.9 Å². The van der Waals surface area contributed by atoms with Gasteiger partial charge in [0.25, 0.3) is 5.82 Å². The Morgan fingerprint density at radius 2 is 1.87 bits per heavy atom. The van der Waals surface area contributed by atoms with Gasteiger partial charge in [-0.05, 0) is 18.9 Å². The van der Waals surface area contributed by atoms with E-state index in [1.54, 1.807) is 0 Å². The number of piperazine rings is 1. The van der Waals surface area contributed by atoms with E-state index >= 15 is 0 Å². The van der Waals surface area contributed by atoms with Gasteiger partial charge in [0.1, 0.15) is 18.1 Å². The number of nitrogens with zero attached hydrogens (tertiary/aromatic N) is 4. The molecule has 2 N–H and O–H groups in total. The van der Waals surface area contributed by atoms with Gasteiger partial charge in [-0.2, -0.15) is 0 Å². The van der Waals surface area contributed by atoms with Gasteiger partial charge in [0.05, 0.1) is 19.3 Å². The topological polar surface area (TPSA) is 92.6 Å². The highest BCUT2D eigenvalue weighted by atomic mass is 32.1. The van der Waals surface area contributed by atoms with Crippen molar-refractivity contribution in [3.05, 3.63) is 29.4 Å². The third-order valence-electron chi connectivity index (χ3n) is 5.87. The second kappa shape index (κ2) is 9.97. The number of rotatable bonds is 6. The second-order valence-electron chi connectivity index (χ2n) is 7.94. The summed E-state index contributed by atoms with van der Waals surface area (Å²) in [5, 5.41) is 12.8. The van der Waals surface area contributed by atoms with Crippen LogP contribution in [0.4, 0.5) is 10.9 Å². The van der Waals surface area contributed by atoms with Crippen molar-refractivity contribution in [2.75, 3.05) is 36.4 Å². The summed E-state index contributed by atoms with van der Waals surface area (Å²) in [4.78, 5) is 32.1. The molecule has 9 heteroatoms. The van der Waals surface area contributed by atoms with Gasteiger partial charge in [-0.1, -0.05) is 36.7 Å². The summed E-state index contributed by atoms with van der Waals surface area (Å²) in [5.41, 5.74) is 0. The van der Waals surface area contributed by atoms with Crippen molar-refractivity contribution in [1.29, 1.82) is 0 Å². The Bertz CT molecular complexity index is 844. The molecule has 1 saturated heterocycles. The van der Waals surface area contributed by atoms with Crippen molar-refractivity contribution < 1.29 is 14.6 Å². The number of aromatic amines is 1. The fraction of sp³-hybridized carbons (Fsp3) is 0.571. The Balaban J connectivity index is 1.19. The molecule has 3 heterocycles. The van der Waals surface area contributed by atoms with Crippen molar-refractivity contribution in [2.24, 2.45) is 0 Å². The quantitative estimate of drug-likeness (QED) is 0.761. The summed E-state index contributed by atoms with van der Waals surface area (Å²) < 4.78 is 0. The number of hydrogen-bond acceptors (Lipinski definition) is 6. The maximum Gasteiger partial charge on any atom is 0.274 e. The van der Waals surface area contributed by atoms with E-state index in [2.05, 4.69) is 25.4 Å². The molecule has 8 nitrogen and oxygen atoms in total. The normalized spacial score (nSPS) is 17.7. The third-order valence-corrected chi connectivity index (χ3v) is 6.87. The first-order valence-electron chi connectivity index (χ1n) is 10.8. The number of pyridine rings is 1. The molecule has 0 spiro atoms. The highest BCUT2D eigenvalue weighted by molar-refractivity contribution is 7.15. The Hall–Kier alpha value is -2.55. The van der Waals surface area contributed by atoms with Gasteiger partial charge in [0.2, 0.25) is 16.9 Å². The molecule has 4 rings (SSSR count). The summed E-state index contributed by atoms with van der Waals surface area (Å²) in [5.74, 6) is 1.40. The molecule has 2 amide bonds. The Morgan fingerprint density at radius 3 is 2.60 bits per heavy atom. The van der Waals surface area contributed by atoms with Crippen LogP contribution in [0.3, 0.4) is 0 Å². The molecule has 160 valence electrons. The first kappa shape index (κ1) is 20.7. The van der Waals surface area contributed by atoms with Crippen LogP contribution < -0.4 is 15.2 Å². The van der Waals surface area contributed by atoms with E-state index in [0.29, 0.717) is 24.1 Å². The number of carbonyl (C=O) groups excluding carboxylic acids is 2. The van der Waals surface area contributed by atoms with Crippen molar-refractivity contribution in [3.63, 3.8) is 0 Å². The SMILES string of the molecule is O=C(CCC(=O)N1CCN(c2cccc[nH+]2)CC1)Nc1nnc(C2CCCCC2)s1. The van der Waals surface area contributed by atoms with Crippen LogP contribution in [0, 0.1) is 0 Å². The van der Waals surface area contributed by atoms with E-state index in [-0.39, 0.29) is 24.7 Å². The molecule has 0 radical (unpaired) electrons. The van der Waals surface area contributed by atoms with E-state index in [0.717, 1.165) is 36.8 Å². The summed E-state index contributed by atoms with van der Waals surface area (Å²) >= 11 is 1.47. The summed E-state index contributed by atoms with van der Waals surface area (Å²) in [6.45, 7) is 2.91. The zero-order valence-corrected chi connectivity index (χ0v) is 18.0. The van der Waals surface area contributed by atoms with Gasteiger partial charge in [0.15, 0.2) is 0 Å². The number of carbonyl (C=O) groups is 2. The lowest BCUT2D eigenvalue weighted by Crippen LogP contribution is -2.50. The predicted octanol–water partition coefficient (Wildman–Crippen LogP) is 2.47. The van der Waals surface area contributed by atoms with E-state index in [9.17, 15) is 9.59 Å². The molecule has 2 aliphatic rings. The molecule has 0 unspecified atom stereocenters. The smallest absolute Gasteiger partial charge is 0.274 e. The number of nitrogens with one attached hydrogen (secondary N) is 2. The lowest BCUT2D eigenvalue weighted by Gasteiger charge is -2.31. The molecule has 1 aliphatic carbocycles. The maximum absolute atomic E-state index is 12.5. The average molecular weight is 430 g/mol. The van der Waals surface area contributed by atoms with E-state index in [1.165, 1.54) is 30.6 Å². The largest absolute Gasteiger partial charge is 0.335 e. The summed E-state index contributed by atoms with van der Waals surface area (Å²) in [6, 6.07) is 5.99. The fourth-order valence-electron chi connectivity index (χ4n) is 4.14. The molecule has 2 aromatic rings. The number of H-pyrrole nitrogens is 1. The minimum absolute atomic E-state index is 0.0296. The van der Waals surface area contributed by atoms with Crippen molar-refractivity contribution in [1.82, 2.24) is 15.1 Å². The number of anilines is 2. The molecule has 1 saturated carbocycles. The highest BCUT2D eigenvalue weighted by Gasteiger charge is 2.26. The van der Waals surface area contributed by atoms with Gasteiger partial charge >= 0.3 is 0 Å². The molecular formula is C21H29N6O2S+. The summed E-state index contributed by atoms with van der Waals surface area (Å²) in [6.07, 6.45) is 8.40. The molecule has 30 heavy (non-hydrogen) atoms. The van der Waals surface area contributed by atoms with Crippen LogP contribution in [0.25, 0.3) is 0 Å².